The van der Waals surface area contributed by atoms with Crippen molar-refractivity contribution in [3.05, 3.63) is 68.7 Å². The molecule has 0 unspecified atom stereocenters. The average Bonchev–Trinajstić information content (AvgIpc) is 3.17. The normalized spacial score (nSPS) is 11.1. The first-order valence-corrected chi connectivity index (χ1v) is 12.0. The molecule has 1 N–H and O–H groups in total. The lowest BCUT2D eigenvalue weighted by Crippen LogP contribution is -2.19. The summed E-state index contributed by atoms with van der Waals surface area (Å²) in [5.74, 6) is 0.699. The quantitative estimate of drug-likeness (QED) is 0.231. The summed E-state index contributed by atoms with van der Waals surface area (Å²) in [6, 6.07) is 12.9. The molecule has 2 aromatic carbocycles. The lowest BCUT2D eigenvalue weighted by atomic mass is 10.2. The maximum atomic E-state index is 11.9. The van der Waals surface area contributed by atoms with Gasteiger partial charge in [0.25, 0.3) is 5.91 Å². The van der Waals surface area contributed by atoms with E-state index in [4.69, 9.17) is 34.8 Å². The summed E-state index contributed by atoms with van der Waals surface area (Å²) < 4.78 is 1.57. The maximum absolute atomic E-state index is 11.9. The predicted octanol–water partition coefficient (Wildman–Crippen LogP) is 6.03. The molecule has 1 aromatic heterocycles. The van der Waals surface area contributed by atoms with Gasteiger partial charge in [0.1, 0.15) is 0 Å². The third-order valence-electron chi connectivity index (χ3n) is 3.36. The van der Waals surface area contributed by atoms with Gasteiger partial charge in [-0.1, -0.05) is 93.9 Å². The van der Waals surface area contributed by atoms with Crippen LogP contribution in [0.2, 0.25) is 15.1 Å². The molecule has 0 aliphatic carbocycles. The lowest BCUT2D eigenvalue weighted by Gasteiger charge is -2.00. The van der Waals surface area contributed by atoms with Gasteiger partial charge < -0.3 is 0 Å². The van der Waals surface area contributed by atoms with Crippen LogP contribution in [0, 0.1) is 0 Å². The minimum Gasteiger partial charge on any atom is -0.272 e. The minimum atomic E-state index is -0.255. The fraction of sp³-hybridized carbons (Fsp3) is 0.111. The Morgan fingerprint density at radius 3 is 2.55 bits per heavy atom. The Bertz CT molecular complexity index is 1010. The van der Waals surface area contributed by atoms with Crippen LogP contribution in [-0.4, -0.2) is 28.1 Å². The van der Waals surface area contributed by atoms with E-state index in [1.165, 1.54) is 29.3 Å². The third kappa shape index (κ3) is 7.16. The molecule has 1 heterocycles. The third-order valence-corrected chi connectivity index (χ3v) is 7.71. The van der Waals surface area contributed by atoms with Crippen molar-refractivity contribution in [2.24, 2.45) is 5.10 Å². The molecule has 1 amide bonds. The summed E-state index contributed by atoms with van der Waals surface area (Å²) in [6.45, 7) is 0. The van der Waals surface area contributed by atoms with Gasteiger partial charge in [0.2, 0.25) is 0 Å². The summed E-state index contributed by atoms with van der Waals surface area (Å²) in [5.41, 5.74) is 4.23. The van der Waals surface area contributed by atoms with E-state index in [-0.39, 0.29) is 11.7 Å². The Hall–Kier alpha value is -1.29. The Labute approximate surface area is 195 Å². The van der Waals surface area contributed by atoms with Crippen molar-refractivity contribution >= 4 is 81.8 Å². The molecule has 0 aliphatic rings. The highest BCUT2D eigenvalue weighted by molar-refractivity contribution is 8.03. The number of hydrogen-bond donors (Lipinski definition) is 1. The number of carbonyl (C=O) groups excluding carboxylic acids is 1. The predicted molar refractivity (Wildman–Crippen MR) is 124 cm³/mol. The Morgan fingerprint density at radius 2 is 1.79 bits per heavy atom. The number of nitrogens with one attached hydrogen (secondary N) is 1. The van der Waals surface area contributed by atoms with Crippen LogP contribution in [0.25, 0.3) is 0 Å². The van der Waals surface area contributed by atoms with Crippen LogP contribution in [-0.2, 0) is 10.5 Å². The molecule has 3 rings (SSSR count). The highest BCUT2D eigenvalue weighted by Gasteiger charge is 2.09. The molecule has 5 nitrogen and oxygen atoms in total. The fourth-order valence-corrected chi connectivity index (χ4v) is 5.24. The fourth-order valence-electron chi connectivity index (χ4n) is 1.99. The van der Waals surface area contributed by atoms with E-state index in [2.05, 4.69) is 20.7 Å². The first kappa shape index (κ1) is 22.4. The van der Waals surface area contributed by atoms with Gasteiger partial charge in [0, 0.05) is 16.3 Å². The molecule has 150 valence electrons. The van der Waals surface area contributed by atoms with Gasteiger partial charge in [-0.15, -0.1) is 10.2 Å². The summed E-state index contributed by atoms with van der Waals surface area (Å²) >= 11 is 22.2. The zero-order valence-corrected chi connectivity index (χ0v) is 19.4. The molecule has 0 bridgehead atoms. The van der Waals surface area contributed by atoms with Gasteiger partial charge in [-0.25, -0.2) is 5.43 Å². The van der Waals surface area contributed by atoms with E-state index in [9.17, 15) is 4.79 Å². The van der Waals surface area contributed by atoms with Crippen molar-refractivity contribution in [3.63, 3.8) is 0 Å². The molecular weight excluding hydrogens is 491 g/mol. The summed E-state index contributed by atoms with van der Waals surface area (Å²) in [4.78, 5) is 11.9. The van der Waals surface area contributed by atoms with Crippen molar-refractivity contribution in [2.45, 2.75) is 14.4 Å². The average molecular weight is 504 g/mol. The van der Waals surface area contributed by atoms with Crippen LogP contribution in [0.15, 0.2) is 56.2 Å². The Morgan fingerprint density at radius 1 is 1.07 bits per heavy atom. The van der Waals surface area contributed by atoms with Crippen LogP contribution >= 0.6 is 69.7 Å². The number of aromatic nitrogens is 2. The summed E-state index contributed by atoms with van der Waals surface area (Å²) in [5, 5.41) is 13.7. The lowest BCUT2D eigenvalue weighted by molar-refractivity contribution is -0.118. The molecule has 0 atom stereocenters. The highest BCUT2D eigenvalue weighted by Crippen LogP contribution is 2.30. The first-order valence-electron chi connectivity index (χ1n) is 8.11. The zero-order chi connectivity index (χ0) is 20.6. The van der Waals surface area contributed by atoms with Gasteiger partial charge in [-0.3, -0.25) is 4.79 Å². The van der Waals surface area contributed by atoms with Crippen molar-refractivity contribution in [1.82, 2.24) is 15.6 Å². The highest BCUT2D eigenvalue weighted by atomic mass is 35.5. The van der Waals surface area contributed by atoms with E-state index >= 15 is 0 Å². The minimum absolute atomic E-state index is 0.178. The van der Waals surface area contributed by atoms with Gasteiger partial charge in [0.15, 0.2) is 8.68 Å². The van der Waals surface area contributed by atoms with Crippen molar-refractivity contribution in [3.8, 4) is 0 Å². The summed E-state index contributed by atoms with van der Waals surface area (Å²) in [6.07, 6.45) is 1.45. The van der Waals surface area contributed by atoms with E-state index < -0.39 is 0 Å². The second kappa shape index (κ2) is 11.2. The molecule has 0 fully saturated rings. The second-order valence-electron chi connectivity index (χ2n) is 5.47. The molecule has 0 saturated carbocycles. The van der Waals surface area contributed by atoms with Crippen LogP contribution < -0.4 is 5.43 Å². The first-order chi connectivity index (χ1) is 14.0. The van der Waals surface area contributed by atoms with E-state index in [0.717, 1.165) is 20.0 Å². The van der Waals surface area contributed by atoms with Gasteiger partial charge in [0.05, 0.1) is 22.0 Å². The van der Waals surface area contributed by atoms with Crippen molar-refractivity contribution in [1.29, 1.82) is 0 Å². The number of carbonyl (C=O) groups is 1. The van der Waals surface area contributed by atoms with Crippen LogP contribution in [0.3, 0.4) is 0 Å². The zero-order valence-electron chi connectivity index (χ0n) is 14.6. The molecule has 0 saturated heterocycles. The van der Waals surface area contributed by atoms with Gasteiger partial charge in [-0.2, -0.15) is 5.10 Å². The van der Waals surface area contributed by atoms with E-state index in [0.29, 0.717) is 20.6 Å². The molecule has 11 heteroatoms. The number of hydrogen-bond acceptors (Lipinski definition) is 7. The number of amides is 1. The largest absolute Gasteiger partial charge is 0.272 e. The Kier molecular flexibility index (Phi) is 8.65. The standard InChI is InChI=1S/C18H13Cl3N4OS3/c19-13-6-4-11(5-7-13)9-27-17-24-25-18(29-17)28-10-15(26)23-22-8-12-2-1-3-14(20)16(12)21/h1-8H,9-10H2,(H,23,26)/b22-8+. The smallest absolute Gasteiger partial charge is 0.250 e. The van der Waals surface area contributed by atoms with Crippen molar-refractivity contribution < 1.29 is 4.79 Å². The molecule has 0 aliphatic heterocycles. The molecular formula is C18H13Cl3N4OS3. The van der Waals surface area contributed by atoms with E-state index in [1.807, 2.05) is 24.3 Å². The Balaban J connectivity index is 1.43. The maximum Gasteiger partial charge on any atom is 0.250 e. The van der Waals surface area contributed by atoms with E-state index in [1.54, 1.807) is 30.0 Å². The molecule has 3 aromatic rings. The number of nitrogens with zero attached hydrogens (tertiary/aromatic N) is 3. The molecule has 0 radical (unpaired) electrons. The van der Waals surface area contributed by atoms with Crippen LogP contribution in [0.4, 0.5) is 0 Å². The number of thioether (sulfide) groups is 2. The van der Waals surface area contributed by atoms with Gasteiger partial charge in [-0.05, 0) is 23.8 Å². The second-order valence-corrected chi connectivity index (χ2v) is 10.1. The molecule has 29 heavy (non-hydrogen) atoms. The number of benzene rings is 2. The van der Waals surface area contributed by atoms with Crippen molar-refractivity contribution in [2.75, 3.05) is 5.75 Å². The number of rotatable bonds is 8. The topological polar surface area (TPSA) is 67.2 Å². The van der Waals surface area contributed by atoms with Crippen LogP contribution in [0.5, 0.6) is 0 Å². The number of halogens is 3. The van der Waals surface area contributed by atoms with Crippen LogP contribution in [0.1, 0.15) is 11.1 Å². The number of hydrazone groups is 1. The summed E-state index contributed by atoms with van der Waals surface area (Å²) in [7, 11) is 0. The monoisotopic (exact) mass is 502 g/mol. The van der Waals surface area contributed by atoms with Gasteiger partial charge >= 0.3 is 0 Å². The molecule has 0 spiro atoms. The SMILES string of the molecule is O=C(CSc1nnc(SCc2ccc(Cl)cc2)s1)N/N=C/c1cccc(Cl)c1Cl.